The zero-order valence-corrected chi connectivity index (χ0v) is 20.9. The Labute approximate surface area is 216 Å². The first kappa shape index (κ1) is 26.5. The molecule has 1 fully saturated rings. The number of amides is 3. The predicted molar refractivity (Wildman–Crippen MR) is 134 cm³/mol. The summed E-state index contributed by atoms with van der Waals surface area (Å²) in [7, 11) is -3.65. The lowest BCUT2D eigenvalue weighted by Gasteiger charge is -2.23. The maximum atomic E-state index is 15.0. The van der Waals surface area contributed by atoms with Gasteiger partial charge in [-0.2, -0.15) is 0 Å². The highest BCUT2D eigenvalue weighted by Gasteiger charge is 2.50. The molecule has 1 unspecified atom stereocenters. The lowest BCUT2D eigenvalue weighted by molar-refractivity contribution is -0.119. The molecule has 7 nitrogen and oxygen atoms in total. The topological polar surface area (TPSA) is 95.6 Å². The Morgan fingerprint density at radius 3 is 2.27 bits per heavy atom. The van der Waals surface area contributed by atoms with Gasteiger partial charge < -0.3 is 15.5 Å². The number of anilines is 2. The number of nitrogens with zero attached hydrogens (tertiary/aromatic N) is 1. The molecule has 0 aliphatic carbocycles. The number of rotatable bonds is 5. The van der Waals surface area contributed by atoms with Crippen LogP contribution in [0, 0.1) is 5.82 Å². The van der Waals surface area contributed by atoms with E-state index >= 15 is 0 Å². The average Bonchev–Trinajstić information content (AvgIpc) is 3.16. The number of alkyl halides is 2. The van der Waals surface area contributed by atoms with Gasteiger partial charge in [0.15, 0.2) is 9.84 Å². The van der Waals surface area contributed by atoms with Crippen molar-refractivity contribution in [1.82, 2.24) is 4.90 Å². The van der Waals surface area contributed by atoms with E-state index in [-0.39, 0.29) is 21.7 Å². The summed E-state index contributed by atoms with van der Waals surface area (Å²) >= 11 is 5.81. The number of urea groups is 1. The van der Waals surface area contributed by atoms with Crippen molar-refractivity contribution < 1.29 is 31.2 Å². The monoisotopic (exact) mass is 551 g/mol. The summed E-state index contributed by atoms with van der Waals surface area (Å²) in [5.41, 5.74) is 0.378. The summed E-state index contributed by atoms with van der Waals surface area (Å²) in [6, 6.07) is 13.0. The number of nitrogens with one attached hydrogen (secondary N) is 2. The molecule has 0 spiro atoms. The zero-order chi connectivity index (χ0) is 27.0. The van der Waals surface area contributed by atoms with Crippen molar-refractivity contribution in [1.29, 1.82) is 0 Å². The molecule has 0 aromatic heterocycles. The highest BCUT2D eigenvalue weighted by atomic mass is 35.5. The van der Waals surface area contributed by atoms with Crippen molar-refractivity contribution in [3.8, 4) is 11.1 Å². The largest absolute Gasteiger partial charge is 0.324 e. The molecule has 3 amide bonds. The number of sulfone groups is 1. The van der Waals surface area contributed by atoms with E-state index in [4.69, 9.17) is 11.6 Å². The second-order valence-corrected chi connectivity index (χ2v) is 11.0. The predicted octanol–water partition coefficient (Wildman–Crippen LogP) is 5.43. The number of likely N-dealkylation sites (tertiary alicyclic amines) is 1. The number of benzene rings is 3. The first-order valence-electron chi connectivity index (χ1n) is 10.9. The number of hydrogen-bond acceptors (Lipinski definition) is 4. The lowest BCUT2D eigenvalue weighted by atomic mass is 10.0. The first-order chi connectivity index (χ1) is 17.3. The van der Waals surface area contributed by atoms with E-state index in [1.165, 1.54) is 54.6 Å². The van der Waals surface area contributed by atoms with Crippen LogP contribution in [-0.4, -0.2) is 50.0 Å². The van der Waals surface area contributed by atoms with Gasteiger partial charge in [-0.05, 0) is 48.5 Å². The van der Waals surface area contributed by atoms with Crippen LogP contribution >= 0.6 is 11.6 Å². The molecule has 3 aromatic rings. The molecule has 1 saturated heterocycles. The van der Waals surface area contributed by atoms with E-state index in [1.54, 1.807) is 6.07 Å². The normalized spacial score (nSPS) is 16.9. The van der Waals surface area contributed by atoms with Crippen molar-refractivity contribution in [2.45, 2.75) is 23.3 Å². The van der Waals surface area contributed by atoms with Gasteiger partial charge in [0.2, 0.25) is 5.91 Å². The molecule has 12 heteroatoms. The van der Waals surface area contributed by atoms with Crippen LogP contribution in [0.3, 0.4) is 0 Å². The van der Waals surface area contributed by atoms with Crippen molar-refractivity contribution in [2.24, 2.45) is 0 Å². The molecular formula is C25H21ClF3N3O4S. The summed E-state index contributed by atoms with van der Waals surface area (Å²) in [5, 5.41) is 5.25. The van der Waals surface area contributed by atoms with E-state index in [1.807, 2.05) is 0 Å². The highest BCUT2D eigenvalue weighted by molar-refractivity contribution is 7.90. The number of hydrogen-bond donors (Lipinski definition) is 2. The van der Waals surface area contributed by atoms with Gasteiger partial charge in [0, 0.05) is 40.2 Å². The second-order valence-electron chi connectivity index (χ2n) is 8.59. The van der Waals surface area contributed by atoms with Crippen LogP contribution in [0.5, 0.6) is 0 Å². The molecule has 1 aliphatic heterocycles. The molecule has 0 saturated carbocycles. The van der Waals surface area contributed by atoms with E-state index in [0.717, 1.165) is 17.2 Å². The van der Waals surface area contributed by atoms with Gasteiger partial charge in [-0.15, -0.1) is 0 Å². The Kier molecular flexibility index (Phi) is 7.20. The summed E-state index contributed by atoms with van der Waals surface area (Å²) < 4.78 is 67.6. The van der Waals surface area contributed by atoms with E-state index in [9.17, 15) is 31.2 Å². The van der Waals surface area contributed by atoms with Crippen LogP contribution in [0.2, 0.25) is 5.02 Å². The van der Waals surface area contributed by atoms with Crippen LogP contribution in [-0.2, 0) is 14.6 Å². The minimum Gasteiger partial charge on any atom is -0.324 e. The molecule has 3 aromatic carbocycles. The van der Waals surface area contributed by atoms with Gasteiger partial charge in [-0.1, -0.05) is 29.8 Å². The molecule has 0 radical (unpaired) electrons. The van der Waals surface area contributed by atoms with Crippen molar-refractivity contribution in [2.75, 3.05) is 23.4 Å². The van der Waals surface area contributed by atoms with Gasteiger partial charge in [0.1, 0.15) is 11.9 Å². The fourth-order valence-electron chi connectivity index (χ4n) is 4.04. The number of carbonyl (C=O) groups excluding carboxylic acids is 2. The highest BCUT2D eigenvalue weighted by Crippen LogP contribution is 2.34. The molecule has 4 rings (SSSR count). The Morgan fingerprint density at radius 2 is 1.62 bits per heavy atom. The minimum absolute atomic E-state index is 0.0182. The summed E-state index contributed by atoms with van der Waals surface area (Å²) in [4.78, 5) is 26.2. The maximum Gasteiger partial charge on any atom is 0.322 e. The van der Waals surface area contributed by atoms with E-state index in [0.29, 0.717) is 10.7 Å². The minimum atomic E-state index is -3.65. The molecule has 1 heterocycles. The molecule has 37 heavy (non-hydrogen) atoms. The van der Waals surface area contributed by atoms with Gasteiger partial charge >= 0.3 is 6.03 Å². The van der Waals surface area contributed by atoms with Crippen LogP contribution < -0.4 is 10.6 Å². The molecule has 1 atom stereocenters. The Balaban J connectivity index is 1.54. The van der Waals surface area contributed by atoms with E-state index in [2.05, 4.69) is 10.6 Å². The Hall–Kier alpha value is -3.57. The van der Waals surface area contributed by atoms with Crippen LogP contribution in [0.1, 0.15) is 6.42 Å². The summed E-state index contributed by atoms with van der Waals surface area (Å²) in [5.74, 6) is -5.06. The third kappa shape index (κ3) is 6.05. The third-order valence-electron chi connectivity index (χ3n) is 5.74. The van der Waals surface area contributed by atoms with Crippen LogP contribution in [0.15, 0.2) is 71.6 Å². The van der Waals surface area contributed by atoms with E-state index < -0.39 is 52.5 Å². The average molecular weight is 552 g/mol. The van der Waals surface area contributed by atoms with Gasteiger partial charge in [-0.3, -0.25) is 4.79 Å². The number of halogens is 4. The maximum absolute atomic E-state index is 15.0. The fourth-order valence-corrected chi connectivity index (χ4v) is 5.07. The summed E-state index contributed by atoms with van der Waals surface area (Å²) in [6.45, 7) is -0.972. The Morgan fingerprint density at radius 1 is 0.973 bits per heavy atom. The molecule has 0 bridgehead atoms. The first-order valence-corrected chi connectivity index (χ1v) is 13.2. The zero-order valence-electron chi connectivity index (χ0n) is 19.3. The molecule has 1 aliphatic rings. The molecular weight excluding hydrogens is 531 g/mol. The smallest absolute Gasteiger partial charge is 0.322 e. The van der Waals surface area contributed by atoms with Gasteiger partial charge in [0.05, 0.1) is 11.4 Å². The summed E-state index contributed by atoms with van der Waals surface area (Å²) in [6.07, 6.45) is 0.0969. The van der Waals surface area contributed by atoms with Crippen molar-refractivity contribution in [3.63, 3.8) is 0 Å². The quantitative estimate of drug-likeness (QED) is 0.442. The van der Waals surface area contributed by atoms with Crippen LogP contribution in [0.4, 0.5) is 29.3 Å². The molecule has 2 N–H and O–H groups in total. The standard InChI is InChI=1S/C25H21ClF3N3O4S/c1-37(35,36)22-5-3-2-4-19(22)18-11-10-17(12-20(18)27)30-23(33)21-13-25(28,29)14-32(21)24(34)31-16-8-6-15(26)7-9-16/h2-12,21H,13-14H2,1H3,(H,30,33)(H,31,34). The SMILES string of the molecule is CS(=O)(=O)c1ccccc1-c1ccc(NC(=O)C2CC(F)(F)CN2C(=O)Nc2ccc(Cl)cc2)cc1F. The van der Waals surface area contributed by atoms with Gasteiger partial charge in [-0.25, -0.2) is 26.4 Å². The fraction of sp³-hybridized carbons (Fsp3) is 0.200. The lowest BCUT2D eigenvalue weighted by Crippen LogP contribution is -2.45. The van der Waals surface area contributed by atoms with Crippen molar-refractivity contribution >= 4 is 44.8 Å². The van der Waals surface area contributed by atoms with Gasteiger partial charge in [0.25, 0.3) is 5.92 Å². The van der Waals surface area contributed by atoms with Crippen LogP contribution in [0.25, 0.3) is 11.1 Å². The number of carbonyl (C=O) groups is 2. The second kappa shape index (κ2) is 10.1. The third-order valence-corrected chi connectivity index (χ3v) is 7.15. The Bertz CT molecular complexity index is 1470. The molecule has 194 valence electrons. The van der Waals surface area contributed by atoms with Crippen molar-refractivity contribution in [3.05, 3.63) is 77.6 Å².